The minimum atomic E-state index is -0.725. The summed E-state index contributed by atoms with van der Waals surface area (Å²) in [4.78, 5) is 38.5. The summed E-state index contributed by atoms with van der Waals surface area (Å²) in [5.41, 5.74) is 4.28. The molecule has 1 unspecified atom stereocenters. The van der Waals surface area contributed by atoms with Gasteiger partial charge in [-0.15, -0.1) is 0 Å². The van der Waals surface area contributed by atoms with Crippen molar-refractivity contribution in [2.24, 2.45) is 11.8 Å². The van der Waals surface area contributed by atoms with Crippen LogP contribution in [0.5, 0.6) is 0 Å². The molecule has 1 heterocycles. The lowest BCUT2D eigenvalue weighted by atomic mass is 9.95. The Kier molecular flexibility index (Phi) is 7.70. The zero-order chi connectivity index (χ0) is 20.5. The van der Waals surface area contributed by atoms with E-state index in [2.05, 4.69) is 15.7 Å². The number of aldehydes is 1. The minimum Gasteiger partial charge on any atom is -0.361 e. The van der Waals surface area contributed by atoms with Crippen LogP contribution in [0.15, 0.2) is 30.5 Å². The van der Waals surface area contributed by atoms with Crippen LogP contribution in [0.2, 0.25) is 0 Å². The fraction of sp³-hybridized carbons (Fsp3) is 0.450. The van der Waals surface area contributed by atoms with E-state index >= 15 is 0 Å². The Morgan fingerprint density at radius 1 is 1.37 bits per heavy atom. The van der Waals surface area contributed by atoms with Crippen LogP contribution in [0.3, 0.4) is 0 Å². The van der Waals surface area contributed by atoms with E-state index in [1.165, 1.54) is 6.92 Å². The number of fused-ring (bicyclic) bond motifs is 1. The third-order valence-electron chi connectivity index (χ3n) is 4.66. The molecule has 0 bridgehead atoms. The maximum Gasteiger partial charge on any atom is 0.152 e. The summed E-state index contributed by atoms with van der Waals surface area (Å²) in [5.74, 6) is 4.88. The Balaban J connectivity index is 2.02. The van der Waals surface area contributed by atoms with E-state index in [-0.39, 0.29) is 30.6 Å². The number of aromatic nitrogens is 1. The number of aromatic amines is 1. The number of ketones is 2. The molecule has 0 aliphatic rings. The zero-order valence-electron chi connectivity index (χ0n) is 16.6. The molecule has 0 amide bonds. The third kappa shape index (κ3) is 6.39. The van der Waals surface area contributed by atoms with Crippen LogP contribution >= 0.6 is 0 Å². The Labute approximate surface area is 160 Å². The second-order valence-corrected chi connectivity index (χ2v) is 6.78. The van der Waals surface area contributed by atoms with Crippen molar-refractivity contribution in [3.05, 3.63) is 36.0 Å². The van der Waals surface area contributed by atoms with Crippen molar-refractivity contribution in [3.8, 4) is 0 Å². The van der Waals surface area contributed by atoms with Crippen LogP contribution in [-0.2, 0) is 20.8 Å². The monoisotopic (exact) mass is 373 g/mol. The summed E-state index contributed by atoms with van der Waals surface area (Å²) in [5, 5.41) is 4.09. The molecule has 146 valence electrons. The third-order valence-corrected chi connectivity index (χ3v) is 4.66. The first-order valence-electron chi connectivity index (χ1n) is 9.66. The summed E-state index contributed by atoms with van der Waals surface area (Å²) in [7, 11) is 0. The van der Waals surface area contributed by atoms with Gasteiger partial charge in [-0.05, 0) is 37.8 Å². The van der Waals surface area contributed by atoms with Crippen molar-refractivity contribution in [1.82, 2.24) is 15.7 Å². The fourth-order valence-corrected chi connectivity index (χ4v) is 3.18. The zero-order valence-corrected chi connectivity index (χ0v) is 15.6. The summed E-state index contributed by atoms with van der Waals surface area (Å²) < 4.78 is 7.60. The van der Waals surface area contributed by atoms with Crippen LogP contribution in [-0.4, -0.2) is 41.9 Å². The van der Waals surface area contributed by atoms with Gasteiger partial charge in [-0.3, -0.25) is 16.1 Å². The molecule has 2 aromatic rings. The number of hydrogen-bond donors (Lipinski definition) is 4. The molecule has 2 rings (SSSR count). The van der Waals surface area contributed by atoms with Gasteiger partial charge < -0.3 is 19.9 Å². The lowest BCUT2D eigenvalue weighted by Crippen LogP contribution is -2.41. The van der Waals surface area contributed by atoms with E-state index in [1.807, 2.05) is 30.5 Å². The molecule has 0 radical (unpaired) electrons. The number of nitrogens with one attached hydrogen (secondary N) is 3. The number of rotatable bonds is 13. The molecule has 1 aromatic heterocycles. The highest BCUT2D eigenvalue weighted by Crippen LogP contribution is 2.19. The maximum absolute atomic E-state index is 12.3. The second kappa shape index (κ2) is 10.7. The molecule has 2 atom stereocenters. The summed E-state index contributed by atoms with van der Waals surface area (Å²) >= 11 is 0. The molecule has 1 aromatic carbocycles. The van der Waals surface area contributed by atoms with Gasteiger partial charge in [0.05, 0.1) is 12.6 Å². The quantitative estimate of drug-likeness (QED) is 0.239. The Morgan fingerprint density at radius 3 is 2.85 bits per heavy atom. The van der Waals surface area contributed by atoms with Crippen molar-refractivity contribution in [2.45, 2.75) is 38.6 Å². The molecule has 7 nitrogen and oxygen atoms in total. The number of H-pyrrole nitrogens is 1. The first-order valence-corrected chi connectivity index (χ1v) is 9.16. The lowest BCUT2D eigenvalue weighted by Gasteiger charge is -2.19. The van der Waals surface area contributed by atoms with E-state index in [1.54, 1.807) is 0 Å². The van der Waals surface area contributed by atoms with Gasteiger partial charge in [-0.1, -0.05) is 18.2 Å². The standard InChI is InChI=1S/C20H28N4O3/c1-14(26)5-4-6-15(20(27)12-24-21)10-22-17(13-25)9-16-11-23-19-8-3-2-7-18(16)19/h2-3,7-8,11,13,15,17,22-24H,4-6,9-10,12,21H2,1H3/t15?,17-/m1/s1/i13D. The van der Waals surface area contributed by atoms with E-state index in [4.69, 9.17) is 7.21 Å². The molecule has 0 saturated heterocycles. The molecular weight excluding hydrogens is 344 g/mol. The van der Waals surface area contributed by atoms with Gasteiger partial charge in [-0.2, -0.15) is 0 Å². The highest BCUT2D eigenvalue weighted by molar-refractivity contribution is 5.84. The number of nitrogens with two attached hydrogens (primary N) is 1. The molecule has 0 spiro atoms. The number of carbonyl (C=O) groups is 3. The molecule has 27 heavy (non-hydrogen) atoms. The van der Waals surface area contributed by atoms with E-state index in [0.717, 1.165) is 16.5 Å². The molecule has 0 saturated carbocycles. The minimum absolute atomic E-state index is 0.0222. The Morgan fingerprint density at radius 2 is 2.15 bits per heavy atom. The normalized spacial score (nSPS) is 13.9. The van der Waals surface area contributed by atoms with Gasteiger partial charge >= 0.3 is 0 Å². The number of benzene rings is 1. The number of hydrazine groups is 1. The van der Waals surface area contributed by atoms with Gasteiger partial charge in [0.15, 0.2) is 5.78 Å². The van der Waals surface area contributed by atoms with Crippen LogP contribution < -0.4 is 16.6 Å². The summed E-state index contributed by atoms with van der Waals surface area (Å²) in [6.45, 7) is 1.80. The molecular formula is C20H28N4O3. The fourth-order valence-electron chi connectivity index (χ4n) is 3.18. The Hall–Kier alpha value is -2.35. The van der Waals surface area contributed by atoms with Crippen molar-refractivity contribution in [2.75, 3.05) is 13.1 Å². The van der Waals surface area contributed by atoms with E-state index in [9.17, 15) is 14.4 Å². The number of para-hydroxylation sites is 1. The van der Waals surface area contributed by atoms with Crippen LogP contribution in [0, 0.1) is 5.92 Å². The average Bonchev–Trinajstić information content (AvgIpc) is 3.06. The molecule has 0 fully saturated rings. The second-order valence-electron chi connectivity index (χ2n) is 6.78. The maximum atomic E-state index is 12.3. The van der Waals surface area contributed by atoms with Crippen LogP contribution in [0.1, 0.15) is 33.1 Å². The van der Waals surface area contributed by atoms with Crippen molar-refractivity contribution < 1.29 is 15.8 Å². The molecule has 0 aliphatic heterocycles. The van der Waals surface area contributed by atoms with Crippen molar-refractivity contribution >= 4 is 28.7 Å². The SMILES string of the molecule is [2H]C(=O)[C@@H](Cc1c[nH]c2ccccc12)NCC(CCCC(C)=O)C(=O)CNN. The predicted molar refractivity (Wildman–Crippen MR) is 105 cm³/mol. The topological polar surface area (TPSA) is 117 Å². The smallest absolute Gasteiger partial charge is 0.152 e. The highest BCUT2D eigenvalue weighted by atomic mass is 16.1. The predicted octanol–water partition coefficient (Wildman–Crippen LogP) is 1.28. The largest absolute Gasteiger partial charge is 0.361 e. The van der Waals surface area contributed by atoms with Crippen molar-refractivity contribution in [1.29, 1.82) is 0 Å². The van der Waals surface area contributed by atoms with Gasteiger partial charge in [0.25, 0.3) is 0 Å². The Bertz CT molecular complexity index is 821. The first-order chi connectivity index (χ1) is 13.4. The number of hydrogen-bond acceptors (Lipinski definition) is 6. The summed E-state index contributed by atoms with van der Waals surface area (Å²) in [6, 6.07) is 7.06. The lowest BCUT2D eigenvalue weighted by molar-refractivity contribution is -0.123. The van der Waals surface area contributed by atoms with Gasteiger partial charge in [0.2, 0.25) is 0 Å². The van der Waals surface area contributed by atoms with Crippen molar-refractivity contribution in [3.63, 3.8) is 0 Å². The molecule has 7 heteroatoms. The number of carbonyl (C=O) groups excluding carboxylic acids is 3. The first kappa shape index (κ1) is 19.4. The van der Waals surface area contributed by atoms with Gasteiger partial charge in [0, 0.05) is 36.0 Å². The average molecular weight is 373 g/mol. The van der Waals surface area contributed by atoms with Gasteiger partial charge in [0.1, 0.15) is 13.4 Å². The van der Waals surface area contributed by atoms with E-state index in [0.29, 0.717) is 25.7 Å². The van der Waals surface area contributed by atoms with Gasteiger partial charge in [-0.25, -0.2) is 0 Å². The van der Waals surface area contributed by atoms with E-state index < -0.39 is 12.3 Å². The number of Topliss-reactive ketones (excluding diaryl/α,β-unsaturated/α-hetero) is 2. The molecule has 0 aliphatic carbocycles. The summed E-state index contributed by atoms with van der Waals surface area (Å²) in [6.07, 6.45) is 3.01. The highest BCUT2D eigenvalue weighted by Gasteiger charge is 2.20. The van der Waals surface area contributed by atoms with Crippen LogP contribution in [0.25, 0.3) is 10.9 Å². The molecule has 5 N–H and O–H groups in total. The van der Waals surface area contributed by atoms with Crippen LogP contribution in [0.4, 0.5) is 0 Å².